The molecule has 0 saturated heterocycles. The number of carbonyl (C=O) groups is 1. The summed E-state index contributed by atoms with van der Waals surface area (Å²) in [5.74, 6) is -0.397. The molecule has 0 saturated carbocycles. The van der Waals surface area contributed by atoms with Crippen LogP contribution in [-0.2, 0) is 6.18 Å². The van der Waals surface area contributed by atoms with Crippen molar-refractivity contribution >= 4 is 27.5 Å². The molecule has 0 unspecified atom stereocenters. The Labute approximate surface area is 151 Å². The molecule has 0 aliphatic rings. The average Bonchev–Trinajstić information content (AvgIpc) is 2.90. The number of hydrogen-bond acceptors (Lipinski definition) is 3. The third-order valence-electron chi connectivity index (χ3n) is 3.38. The van der Waals surface area contributed by atoms with Gasteiger partial charge in [-0.25, -0.2) is 0 Å². The molecule has 0 fully saturated rings. The topological polar surface area (TPSA) is 67.0 Å². The van der Waals surface area contributed by atoms with Gasteiger partial charge in [0.15, 0.2) is 5.69 Å². The molecule has 1 amide bonds. The predicted molar refractivity (Wildman–Crippen MR) is 90.9 cm³/mol. The lowest BCUT2D eigenvalue weighted by Gasteiger charge is -2.14. The van der Waals surface area contributed by atoms with E-state index in [1.165, 1.54) is 6.07 Å². The van der Waals surface area contributed by atoms with E-state index in [2.05, 4.69) is 31.4 Å². The van der Waals surface area contributed by atoms with Crippen LogP contribution in [0.5, 0.6) is 5.75 Å². The highest BCUT2D eigenvalue weighted by Gasteiger charge is 2.31. The first-order valence-corrected chi connectivity index (χ1v) is 8.33. The molecule has 1 aromatic carbocycles. The SMILES string of the molecule is CCOc1ccc(C(F)(F)F)cc1NC(=O)c1n[nH]c(C(C)C)c1Br. The molecule has 0 bridgehead atoms. The molecular weight excluding hydrogens is 403 g/mol. The molecule has 1 heterocycles. The molecule has 136 valence electrons. The number of nitrogens with one attached hydrogen (secondary N) is 2. The molecule has 0 radical (unpaired) electrons. The molecule has 0 aliphatic heterocycles. The lowest BCUT2D eigenvalue weighted by molar-refractivity contribution is -0.137. The Morgan fingerprint density at radius 1 is 1.40 bits per heavy atom. The maximum atomic E-state index is 12.9. The van der Waals surface area contributed by atoms with Gasteiger partial charge in [-0.05, 0) is 47.0 Å². The summed E-state index contributed by atoms with van der Waals surface area (Å²) in [5, 5.41) is 9.12. The Morgan fingerprint density at radius 2 is 2.08 bits per heavy atom. The molecule has 2 aromatic rings. The van der Waals surface area contributed by atoms with Gasteiger partial charge >= 0.3 is 6.18 Å². The van der Waals surface area contributed by atoms with Crippen LogP contribution in [0.25, 0.3) is 0 Å². The number of halogens is 4. The summed E-state index contributed by atoms with van der Waals surface area (Å²) < 4.78 is 44.5. The van der Waals surface area contributed by atoms with Crippen LogP contribution in [0.15, 0.2) is 22.7 Å². The van der Waals surface area contributed by atoms with Crippen molar-refractivity contribution in [2.45, 2.75) is 32.9 Å². The largest absolute Gasteiger partial charge is 0.492 e. The number of benzene rings is 1. The van der Waals surface area contributed by atoms with Crippen LogP contribution in [0, 0.1) is 0 Å². The van der Waals surface area contributed by atoms with Crippen molar-refractivity contribution in [1.82, 2.24) is 10.2 Å². The van der Waals surface area contributed by atoms with Crippen LogP contribution in [-0.4, -0.2) is 22.7 Å². The van der Waals surface area contributed by atoms with E-state index in [-0.39, 0.29) is 29.7 Å². The molecular formula is C16H17BrF3N3O2. The lowest BCUT2D eigenvalue weighted by atomic mass is 10.1. The fraction of sp³-hybridized carbons (Fsp3) is 0.375. The van der Waals surface area contributed by atoms with Crippen molar-refractivity contribution in [3.05, 3.63) is 39.6 Å². The standard InChI is InChI=1S/C16H17BrF3N3O2/c1-4-25-11-6-5-9(16(18,19)20)7-10(11)21-15(24)14-12(17)13(8(2)3)22-23-14/h5-8H,4H2,1-3H3,(H,21,24)(H,22,23). The minimum Gasteiger partial charge on any atom is -0.492 e. The number of anilines is 1. The molecule has 9 heteroatoms. The van der Waals surface area contributed by atoms with E-state index in [4.69, 9.17) is 4.74 Å². The van der Waals surface area contributed by atoms with Crippen molar-refractivity contribution in [3.63, 3.8) is 0 Å². The third kappa shape index (κ3) is 4.33. The average molecular weight is 420 g/mol. The molecule has 2 rings (SSSR count). The first-order chi connectivity index (χ1) is 11.6. The summed E-state index contributed by atoms with van der Waals surface area (Å²) in [6, 6.07) is 2.93. The molecule has 0 atom stereocenters. The maximum absolute atomic E-state index is 12.9. The van der Waals surface area contributed by atoms with Crippen LogP contribution < -0.4 is 10.1 Å². The number of aromatic amines is 1. The zero-order chi connectivity index (χ0) is 18.8. The van der Waals surface area contributed by atoms with Crippen LogP contribution in [0.3, 0.4) is 0 Å². The Bertz CT molecular complexity index is 772. The fourth-order valence-corrected chi connectivity index (χ4v) is 2.96. The number of hydrogen-bond donors (Lipinski definition) is 2. The number of carbonyl (C=O) groups excluding carboxylic acids is 1. The van der Waals surface area contributed by atoms with Crippen molar-refractivity contribution in [3.8, 4) is 5.75 Å². The fourth-order valence-electron chi connectivity index (χ4n) is 2.14. The van der Waals surface area contributed by atoms with Gasteiger partial charge in [0.1, 0.15) is 5.75 Å². The minimum absolute atomic E-state index is 0.0589. The smallest absolute Gasteiger partial charge is 0.416 e. The number of nitrogens with zero attached hydrogens (tertiary/aromatic N) is 1. The summed E-state index contributed by atoms with van der Waals surface area (Å²) >= 11 is 3.30. The highest BCUT2D eigenvalue weighted by atomic mass is 79.9. The summed E-state index contributed by atoms with van der Waals surface area (Å²) in [4.78, 5) is 12.4. The van der Waals surface area contributed by atoms with E-state index in [1.807, 2.05) is 13.8 Å². The monoisotopic (exact) mass is 419 g/mol. The van der Waals surface area contributed by atoms with Gasteiger partial charge in [-0.3, -0.25) is 9.89 Å². The van der Waals surface area contributed by atoms with Crippen molar-refractivity contribution in [2.24, 2.45) is 0 Å². The van der Waals surface area contributed by atoms with E-state index in [9.17, 15) is 18.0 Å². The first-order valence-electron chi connectivity index (χ1n) is 7.54. The summed E-state index contributed by atoms with van der Waals surface area (Å²) in [5.41, 5.74) is -0.166. The van der Waals surface area contributed by atoms with Gasteiger partial charge in [0.25, 0.3) is 5.91 Å². The molecule has 0 spiro atoms. The number of ether oxygens (including phenoxy) is 1. The molecule has 25 heavy (non-hydrogen) atoms. The highest BCUT2D eigenvalue weighted by molar-refractivity contribution is 9.10. The molecule has 0 aliphatic carbocycles. The Kier molecular flexibility index (Phi) is 5.76. The Balaban J connectivity index is 2.36. The van der Waals surface area contributed by atoms with Gasteiger partial charge in [-0.1, -0.05) is 13.8 Å². The van der Waals surface area contributed by atoms with E-state index in [1.54, 1.807) is 6.92 Å². The van der Waals surface area contributed by atoms with Crippen LogP contribution in [0.1, 0.15) is 48.4 Å². The second-order valence-electron chi connectivity index (χ2n) is 5.55. The lowest BCUT2D eigenvalue weighted by Crippen LogP contribution is -2.15. The summed E-state index contributed by atoms with van der Waals surface area (Å²) in [7, 11) is 0. The van der Waals surface area contributed by atoms with Gasteiger partial charge in [-0.2, -0.15) is 18.3 Å². The molecule has 5 nitrogen and oxygen atoms in total. The highest BCUT2D eigenvalue weighted by Crippen LogP contribution is 2.35. The summed E-state index contributed by atoms with van der Waals surface area (Å²) in [6.45, 7) is 5.78. The van der Waals surface area contributed by atoms with E-state index < -0.39 is 17.6 Å². The second-order valence-corrected chi connectivity index (χ2v) is 6.34. The van der Waals surface area contributed by atoms with Gasteiger partial charge in [0, 0.05) is 0 Å². The second kappa shape index (κ2) is 7.47. The molecule has 2 N–H and O–H groups in total. The zero-order valence-corrected chi connectivity index (χ0v) is 15.4. The number of rotatable bonds is 5. The quantitative estimate of drug-likeness (QED) is 0.718. The van der Waals surface area contributed by atoms with Crippen molar-refractivity contribution < 1.29 is 22.7 Å². The van der Waals surface area contributed by atoms with Gasteiger partial charge in [0.05, 0.1) is 28.0 Å². The zero-order valence-electron chi connectivity index (χ0n) is 13.8. The minimum atomic E-state index is -4.53. The van der Waals surface area contributed by atoms with E-state index in [0.29, 0.717) is 4.47 Å². The van der Waals surface area contributed by atoms with E-state index in [0.717, 1.165) is 17.8 Å². The maximum Gasteiger partial charge on any atom is 0.416 e. The Morgan fingerprint density at radius 3 is 2.60 bits per heavy atom. The van der Waals surface area contributed by atoms with Crippen LogP contribution in [0.2, 0.25) is 0 Å². The normalized spacial score (nSPS) is 11.7. The van der Waals surface area contributed by atoms with E-state index >= 15 is 0 Å². The van der Waals surface area contributed by atoms with Crippen LogP contribution >= 0.6 is 15.9 Å². The van der Waals surface area contributed by atoms with Gasteiger partial charge in [-0.15, -0.1) is 0 Å². The Hall–Kier alpha value is -2.03. The number of H-pyrrole nitrogens is 1. The van der Waals surface area contributed by atoms with Gasteiger partial charge in [0.2, 0.25) is 0 Å². The number of amides is 1. The van der Waals surface area contributed by atoms with Crippen molar-refractivity contribution in [2.75, 3.05) is 11.9 Å². The first kappa shape index (κ1) is 19.3. The predicted octanol–water partition coefficient (Wildman–Crippen LogP) is 4.97. The van der Waals surface area contributed by atoms with Crippen LogP contribution in [0.4, 0.5) is 18.9 Å². The summed E-state index contributed by atoms with van der Waals surface area (Å²) in [6.07, 6.45) is -4.53. The van der Waals surface area contributed by atoms with Gasteiger partial charge < -0.3 is 10.1 Å². The number of alkyl halides is 3. The third-order valence-corrected chi connectivity index (χ3v) is 4.18. The van der Waals surface area contributed by atoms with Crippen molar-refractivity contribution in [1.29, 1.82) is 0 Å². The number of aromatic nitrogens is 2. The molecule has 1 aromatic heterocycles.